The predicted octanol–water partition coefficient (Wildman–Crippen LogP) is 2.42. The van der Waals surface area contributed by atoms with Crippen LogP contribution >= 0.6 is 0 Å². The van der Waals surface area contributed by atoms with Crippen LogP contribution in [-0.2, 0) is 25.5 Å². The highest BCUT2D eigenvalue weighted by Crippen LogP contribution is 2.28. The molecule has 1 aliphatic rings. The molecule has 1 aromatic rings. The zero-order valence-corrected chi connectivity index (χ0v) is 15.9. The summed E-state index contributed by atoms with van der Waals surface area (Å²) in [6.07, 6.45) is -0.600. The molecule has 1 N–H and O–H groups in total. The van der Waals surface area contributed by atoms with Gasteiger partial charge in [0, 0.05) is 12.1 Å². The maximum Gasteiger partial charge on any atom is 0.408 e. The van der Waals surface area contributed by atoms with Crippen LogP contribution < -0.4 is 10.2 Å². The number of fused-ring (bicyclic) bond motifs is 1. The fourth-order valence-electron chi connectivity index (χ4n) is 2.72. The molecule has 0 bridgehead atoms. The number of carbonyl (C=O) groups is 3. The molecule has 7 heteroatoms. The van der Waals surface area contributed by atoms with Gasteiger partial charge in [0.05, 0.1) is 6.10 Å². The lowest BCUT2D eigenvalue weighted by Gasteiger charge is -2.34. The molecular formula is C19H26N2O5. The van der Waals surface area contributed by atoms with E-state index in [1.807, 2.05) is 12.1 Å². The molecule has 142 valence electrons. The number of nitrogens with zero attached hydrogens (tertiary/aromatic N) is 1. The van der Waals surface area contributed by atoms with Gasteiger partial charge < -0.3 is 14.8 Å². The third-order valence-corrected chi connectivity index (χ3v) is 3.62. The van der Waals surface area contributed by atoms with Gasteiger partial charge in [-0.2, -0.15) is 0 Å². The number of para-hydroxylation sites is 1. The summed E-state index contributed by atoms with van der Waals surface area (Å²) >= 11 is 0. The SMILES string of the molecule is CC(C)OC(=O)CN1C(=O)[C@@H](NC(=O)OC(C)(C)C)Cc2ccccc21. The quantitative estimate of drug-likeness (QED) is 0.832. The minimum absolute atomic E-state index is 0.208. The van der Waals surface area contributed by atoms with Crippen LogP contribution in [0.4, 0.5) is 10.5 Å². The van der Waals surface area contributed by atoms with Crippen molar-refractivity contribution in [1.29, 1.82) is 0 Å². The Hall–Kier alpha value is -2.57. The molecule has 1 aromatic carbocycles. The fraction of sp³-hybridized carbons (Fsp3) is 0.526. The number of carbonyl (C=O) groups excluding carboxylic acids is 3. The van der Waals surface area contributed by atoms with Gasteiger partial charge in [-0.3, -0.25) is 14.5 Å². The van der Waals surface area contributed by atoms with E-state index in [9.17, 15) is 14.4 Å². The van der Waals surface area contributed by atoms with Crippen molar-refractivity contribution >= 4 is 23.7 Å². The Morgan fingerprint density at radius 1 is 1.27 bits per heavy atom. The molecule has 0 fully saturated rings. The highest BCUT2D eigenvalue weighted by molar-refractivity contribution is 6.04. The van der Waals surface area contributed by atoms with Gasteiger partial charge in [-0.1, -0.05) is 18.2 Å². The summed E-state index contributed by atoms with van der Waals surface area (Å²) in [5.74, 6) is -0.865. The van der Waals surface area contributed by atoms with Crippen molar-refractivity contribution in [3.63, 3.8) is 0 Å². The average Bonchev–Trinajstić information content (AvgIpc) is 2.48. The summed E-state index contributed by atoms with van der Waals surface area (Å²) in [7, 11) is 0. The van der Waals surface area contributed by atoms with Gasteiger partial charge in [0.2, 0.25) is 0 Å². The molecule has 0 saturated carbocycles. The number of hydrogen-bond acceptors (Lipinski definition) is 5. The molecule has 26 heavy (non-hydrogen) atoms. The fourth-order valence-corrected chi connectivity index (χ4v) is 2.72. The number of hydrogen-bond donors (Lipinski definition) is 1. The molecule has 0 aromatic heterocycles. The Balaban J connectivity index is 2.20. The van der Waals surface area contributed by atoms with Crippen LogP contribution in [0.25, 0.3) is 0 Å². The standard InChI is InChI=1S/C19H26N2O5/c1-12(2)25-16(22)11-21-15-9-7-6-8-13(15)10-14(17(21)23)20-18(24)26-19(3,4)5/h6-9,12,14H,10-11H2,1-5H3,(H,20,24)/t14-/m0/s1. The second kappa shape index (κ2) is 7.76. The molecule has 2 amide bonds. The first-order valence-electron chi connectivity index (χ1n) is 8.65. The van der Waals surface area contributed by atoms with Gasteiger partial charge in [0.15, 0.2) is 0 Å². The molecule has 2 rings (SSSR count). The van der Waals surface area contributed by atoms with E-state index >= 15 is 0 Å². The second-order valence-electron chi connectivity index (χ2n) is 7.49. The molecule has 1 aliphatic heterocycles. The normalized spacial score (nSPS) is 16.9. The summed E-state index contributed by atoms with van der Waals surface area (Å²) in [6.45, 7) is 8.53. The van der Waals surface area contributed by atoms with Crippen LogP contribution in [0.15, 0.2) is 24.3 Å². The average molecular weight is 362 g/mol. The minimum atomic E-state index is -0.799. The van der Waals surface area contributed by atoms with Gasteiger partial charge in [-0.05, 0) is 46.2 Å². The van der Waals surface area contributed by atoms with Crippen LogP contribution in [0, 0.1) is 0 Å². The lowest BCUT2D eigenvalue weighted by atomic mass is 9.97. The maximum absolute atomic E-state index is 12.9. The van der Waals surface area contributed by atoms with Crippen LogP contribution in [0.3, 0.4) is 0 Å². The zero-order valence-electron chi connectivity index (χ0n) is 15.9. The van der Waals surface area contributed by atoms with E-state index in [1.165, 1.54) is 4.90 Å². The van der Waals surface area contributed by atoms with Crippen molar-refractivity contribution in [1.82, 2.24) is 5.32 Å². The van der Waals surface area contributed by atoms with E-state index in [-0.39, 0.29) is 18.6 Å². The van der Waals surface area contributed by atoms with Crippen molar-refractivity contribution in [3.8, 4) is 0 Å². The number of alkyl carbamates (subject to hydrolysis) is 1. The predicted molar refractivity (Wildman–Crippen MR) is 96.9 cm³/mol. The van der Waals surface area contributed by atoms with Gasteiger partial charge in [0.1, 0.15) is 18.2 Å². The number of rotatable bonds is 4. The van der Waals surface area contributed by atoms with Crippen LogP contribution in [0.1, 0.15) is 40.2 Å². The van der Waals surface area contributed by atoms with Crippen molar-refractivity contribution in [2.45, 2.75) is 58.8 Å². The highest BCUT2D eigenvalue weighted by atomic mass is 16.6. The van der Waals surface area contributed by atoms with E-state index in [2.05, 4.69) is 5.32 Å². The molecule has 7 nitrogen and oxygen atoms in total. The Morgan fingerprint density at radius 3 is 2.54 bits per heavy atom. The molecule has 0 radical (unpaired) electrons. The number of anilines is 1. The van der Waals surface area contributed by atoms with E-state index in [1.54, 1.807) is 46.8 Å². The van der Waals surface area contributed by atoms with E-state index in [4.69, 9.17) is 9.47 Å². The van der Waals surface area contributed by atoms with E-state index in [0.717, 1.165) is 5.56 Å². The topological polar surface area (TPSA) is 84.9 Å². The van der Waals surface area contributed by atoms with Crippen LogP contribution in [-0.4, -0.2) is 42.3 Å². The van der Waals surface area contributed by atoms with Gasteiger partial charge >= 0.3 is 12.1 Å². The summed E-state index contributed by atoms with van der Waals surface area (Å²) < 4.78 is 10.4. The molecular weight excluding hydrogens is 336 g/mol. The first-order valence-corrected chi connectivity index (χ1v) is 8.65. The third-order valence-electron chi connectivity index (χ3n) is 3.62. The summed E-state index contributed by atoms with van der Waals surface area (Å²) in [6, 6.07) is 6.50. The molecule has 1 heterocycles. The Morgan fingerprint density at radius 2 is 1.92 bits per heavy atom. The number of ether oxygens (including phenoxy) is 2. The van der Waals surface area contributed by atoms with Gasteiger partial charge in [-0.25, -0.2) is 4.79 Å². The zero-order chi connectivity index (χ0) is 19.5. The summed E-state index contributed by atoms with van der Waals surface area (Å²) in [4.78, 5) is 38.3. The van der Waals surface area contributed by atoms with Crippen molar-refractivity contribution in [3.05, 3.63) is 29.8 Å². The molecule has 1 atom stereocenters. The monoisotopic (exact) mass is 362 g/mol. The first kappa shape index (κ1) is 19.8. The molecule has 0 unspecified atom stereocenters. The molecule has 0 spiro atoms. The molecule has 0 saturated heterocycles. The Bertz CT molecular complexity index is 693. The Kier molecular flexibility index (Phi) is 5.90. The second-order valence-corrected chi connectivity index (χ2v) is 7.49. The summed E-state index contributed by atoms with van der Waals surface area (Å²) in [5.41, 5.74) is 0.853. The first-order chi connectivity index (χ1) is 12.1. The van der Waals surface area contributed by atoms with Crippen molar-refractivity contribution in [2.24, 2.45) is 0 Å². The van der Waals surface area contributed by atoms with Crippen molar-refractivity contribution < 1.29 is 23.9 Å². The number of amides is 2. The summed E-state index contributed by atoms with van der Waals surface area (Å²) in [5, 5.41) is 2.61. The number of nitrogens with one attached hydrogen (secondary N) is 1. The third kappa shape index (κ3) is 5.21. The van der Waals surface area contributed by atoms with E-state index < -0.39 is 23.7 Å². The lowest BCUT2D eigenvalue weighted by Crippen LogP contribution is -2.54. The van der Waals surface area contributed by atoms with Gasteiger partial charge in [0.25, 0.3) is 5.91 Å². The van der Waals surface area contributed by atoms with Crippen LogP contribution in [0.2, 0.25) is 0 Å². The maximum atomic E-state index is 12.9. The Labute approximate surface area is 153 Å². The largest absolute Gasteiger partial charge is 0.462 e. The molecule has 0 aliphatic carbocycles. The smallest absolute Gasteiger partial charge is 0.408 e. The number of esters is 1. The van der Waals surface area contributed by atoms with Crippen LogP contribution in [0.5, 0.6) is 0 Å². The number of benzene rings is 1. The lowest BCUT2D eigenvalue weighted by molar-refractivity contribution is -0.146. The van der Waals surface area contributed by atoms with E-state index in [0.29, 0.717) is 12.1 Å². The minimum Gasteiger partial charge on any atom is -0.462 e. The highest BCUT2D eigenvalue weighted by Gasteiger charge is 2.35. The van der Waals surface area contributed by atoms with Gasteiger partial charge in [-0.15, -0.1) is 0 Å². The van der Waals surface area contributed by atoms with Crippen molar-refractivity contribution in [2.75, 3.05) is 11.4 Å².